The molecular formula is C11H8O2. The maximum Gasteiger partial charge on any atom is 0.189 e. The Hall–Kier alpha value is -1.70. The first kappa shape index (κ1) is 2.91. The lowest BCUT2D eigenvalue weighted by molar-refractivity contribution is 0.0984. The molecular weight excluding hydrogens is 164 g/mol. The molecule has 1 aromatic rings. The zero-order chi connectivity index (χ0) is 16.3. The van der Waals surface area contributed by atoms with Gasteiger partial charge < -0.3 is 0 Å². The van der Waals surface area contributed by atoms with Crippen LogP contribution in [-0.2, 0) is 0 Å². The Morgan fingerprint density at radius 2 is 1.92 bits per heavy atom. The van der Waals surface area contributed by atoms with E-state index in [0.29, 0.717) is 0 Å². The van der Waals surface area contributed by atoms with Crippen molar-refractivity contribution in [2.45, 2.75) is 6.85 Å². The first-order valence-corrected chi connectivity index (χ1v) is 3.41. The molecule has 0 N–H and O–H groups in total. The summed E-state index contributed by atoms with van der Waals surface area (Å²) >= 11 is 0. The van der Waals surface area contributed by atoms with Crippen LogP contribution in [0.2, 0.25) is 0 Å². The number of ketones is 2. The van der Waals surface area contributed by atoms with E-state index in [2.05, 4.69) is 0 Å². The normalized spacial score (nSPS) is 25.8. The van der Waals surface area contributed by atoms with Gasteiger partial charge in [0.1, 0.15) is 0 Å². The summed E-state index contributed by atoms with van der Waals surface area (Å²) in [6.07, 6.45) is 0. The zero-order valence-electron chi connectivity index (χ0n) is 14.3. The van der Waals surface area contributed by atoms with E-state index in [1.54, 1.807) is 0 Å². The van der Waals surface area contributed by atoms with Crippen molar-refractivity contribution in [1.82, 2.24) is 0 Å². The second kappa shape index (κ2) is 2.66. The number of allylic oxidation sites excluding steroid dienone is 2. The van der Waals surface area contributed by atoms with E-state index in [1.165, 1.54) is 0 Å². The second-order valence-corrected chi connectivity index (χ2v) is 2.41. The van der Waals surface area contributed by atoms with Crippen molar-refractivity contribution in [3.8, 4) is 0 Å². The molecule has 0 aliphatic heterocycles. The van der Waals surface area contributed by atoms with E-state index >= 15 is 0 Å². The monoisotopic (exact) mass is 180 g/mol. The van der Waals surface area contributed by atoms with Gasteiger partial charge in [-0.2, -0.15) is 0 Å². The lowest BCUT2D eigenvalue weighted by Crippen LogP contribution is -2.14. The Balaban J connectivity index is 2.93. The van der Waals surface area contributed by atoms with Crippen LogP contribution in [0.15, 0.2) is 35.8 Å². The van der Waals surface area contributed by atoms with Crippen molar-refractivity contribution in [2.75, 3.05) is 0 Å². The molecule has 2 nitrogen and oxygen atoms in total. The van der Waals surface area contributed by atoms with Crippen LogP contribution >= 0.6 is 0 Å². The standard InChI is InChI=1S/C11H8O2/c1-7-6-10(12)8-4-2-3-5-9(8)11(7)13/h2-6H,1H3/i1D3,2D,3D,4D,5D,6D. The second-order valence-electron chi connectivity index (χ2n) is 2.41. The van der Waals surface area contributed by atoms with E-state index in [9.17, 15) is 9.59 Å². The smallest absolute Gasteiger partial charge is 0.189 e. The lowest BCUT2D eigenvalue weighted by Gasteiger charge is -2.11. The molecule has 64 valence electrons. The number of carbonyl (C=O) groups is 2. The Morgan fingerprint density at radius 3 is 2.62 bits per heavy atom. The van der Waals surface area contributed by atoms with Crippen LogP contribution in [0.3, 0.4) is 0 Å². The molecule has 0 fully saturated rings. The highest BCUT2D eigenvalue weighted by atomic mass is 16.1. The first-order valence-electron chi connectivity index (χ1n) is 7.41. The van der Waals surface area contributed by atoms with Gasteiger partial charge in [0.15, 0.2) is 11.6 Å². The van der Waals surface area contributed by atoms with Gasteiger partial charge in [0.2, 0.25) is 0 Å². The molecule has 1 aromatic carbocycles. The average molecular weight is 180 g/mol. The summed E-state index contributed by atoms with van der Waals surface area (Å²) in [5.41, 5.74) is -2.36. The summed E-state index contributed by atoms with van der Waals surface area (Å²) in [6, 6.07) is -4.04. The third kappa shape index (κ3) is 1.11. The van der Waals surface area contributed by atoms with Crippen LogP contribution in [0.5, 0.6) is 0 Å². The molecule has 0 amide bonds. The van der Waals surface area contributed by atoms with Crippen LogP contribution in [-0.4, -0.2) is 11.6 Å². The maximum atomic E-state index is 12.2. The fourth-order valence-electron chi connectivity index (χ4n) is 1.01. The van der Waals surface area contributed by atoms with Gasteiger partial charge in [-0.25, -0.2) is 0 Å². The van der Waals surface area contributed by atoms with Gasteiger partial charge in [0, 0.05) is 20.8 Å². The number of fused-ring (bicyclic) bond motifs is 1. The first-order chi connectivity index (χ1) is 9.50. The summed E-state index contributed by atoms with van der Waals surface area (Å²) in [6.45, 7) is -3.02. The highest BCUT2D eigenvalue weighted by Crippen LogP contribution is 2.20. The fraction of sp³-hybridized carbons (Fsp3) is 0.0909. The SMILES string of the molecule is [2H]C1=C(C([2H])([2H])[2H])C(=O)c2c([2H])c([2H])c([2H])c([2H])c2C1=O. The highest BCUT2D eigenvalue weighted by molar-refractivity contribution is 6.24. The van der Waals surface area contributed by atoms with Crippen molar-refractivity contribution >= 4 is 11.6 Å². The molecule has 0 aromatic heterocycles. The van der Waals surface area contributed by atoms with E-state index in [4.69, 9.17) is 11.0 Å². The maximum absolute atomic E-state index is 12.2. The van der Waals surface area contributed by atoms with E-state index in [0.717, 1.165) is 0 Å². The summed E-state index contributed by atoms with van der Waals surface area (Å²) in [5.74, 6) is -2.43. The molecule has 0 unspecified atom stereocenters. The number of Topliss-reactive ketones (excluding diaryl/α,β-unsaturated/α-hetero) is 1. The van der Waals surface area contributed by atoms with Crippen LogP contribution < -0.4 is 0 Å². The minimum Gasteiger partial charge on any atom is -0.289 e. The van der Waals surface area contributed by atoms with Gasteiger partial charge in [-0.1, -0.05) is 24.2 Å². The van der Waals surface area contributed by atoms with E-state index in [1.807, 2.05) is 0 Å². The summed E-state index contributed by atoms with van der Waals surface area (Å²) in [4.78, 5) is 24.3. The third-order valence-electron chi connectivity index (χ3n) is 1.61. The molecule has 2 heteroatoms. The third-order valence-corrected chi connectivity index (χ3v) is 1.61. The molecule has 1 aliphatic carbocycles. The molecule has 0 bridgehead atoms. The predicted octanol–water partition coefficient (Wildman–Crippen LogP) is 2.01. The van der Waals surface area contributed by atoms with Gasteiger partial charge in [0.25, 0.3) is 0 Å². The number of hydrogen-bond acceptors (Lipinski definition) is 2. The van der Waals surface area contributed by atoms with Crippen LogP contribution in [0.4, 0.5) is 0 Å². The molecule has 1 aliphatic rings. The Bertz CT molecular complexity index is 729. The molecule has 0 saturated heterocycles. The van der Waals surface area contributed by atoms with Crippen molar-refractivity contribution in [2.24, 2.45) is 0 Å². The predicted molar refractivity (Wildman–Crippen MR) is 48.9 cm³/mol. The fourth-order valence-corrected chi connectivity index (χ4v) is 1.01. The summed E-state index contributed by atoms with van der Waals surface area (Å²) in [7, 11) is 0. The molecule has 0 spiro atoms. The number of carbonyl (C=O) groups excluding carboxylic acids is 2. The summed E-state index contributed by atoms with van der Waals surface area (Å²) < 4.78 is 59.5. The van der Waals surface area contributed by atoms with Crippen molar-refractivity contribution in [1.29, 1.82) is 0 Å². The number of benzene rings is 1. The van der Waals surface area contributed by atoms with Gasteiger partial charge in [-0.05, 0) is 12.9 Å². The number of hydrogen-bond donors (Lipinski definition) is 0. The van der Waals surface area contributed by atoms with Crippen LogP contribution in [0.1, 0.15) is 38.5 Å². The average Bonchev–Trinajstić information content (AvgIpc) is 2.36. The molecule has 2 rings (SSSR count). The van der Waals surface area contributed by atoms with Crippen LogP contribution in [0.25, 0.3) is 0 Å². The van der Waals surface area contributed by atoms with Crippen molar-refractivity contribution in [3.05, 3.63) is 46.9 Å². The van der Waals surface area contributed by atoms with E-state index in [-0.39, 0.29) is 0 Å². The van der Waals surface area contributed by atoms with Gasteiger partial charge in [0.05, 0.1) is 6.85 Å². The van der Waals surface area contributed by atoms with E-state index < -0.39 is 65.3 Å². The lowest BCUT2D eigenvalue weighted by atomic mass is 9.90. The molecule has 0 heterocycles. The summed E-state index contributed by atoms with van der Waals surface area (Å²) in [5, 5.41) is 0. The minimum atomic E-state index is -3.02. The van der Waals surface area contributed by atoms with Crippen LogP contribution in [0, 0.1) is 0 Å². The Kier molecular flexibility index (Phi) is 0.595. The zero-order valence-corrected chi connectivity index (χ0v) is 6.32. The molecule has 13 heavy (non-hydrogen) atoms. The topological polar surface area (TPSA) is 34.1 Å². The highest BCUT2D eigenvalue weighted by Gasteiger charge is 2.21. The Morgan fingerprint density at radius 1 is 1.23 bits per heavy atom. The largest absolute Gasteiger partial charge is 0.289 e. The number of rotatable bonds is 0. The van der Waals surface area contributed by atoms with Gasteiger partial charge >= 0.3 is 0 Å². The van der Waals surface area contributed by atoms with Crippen molar-refractivity contribution < 1.29 is 20.6 Å². The van der Waals surface area contributed by atoms with Gasteiger partial charge in [-0.3, -0.25) is 9.59 Å². The van der Waals surface area contributed by atoms with Crippen molar-refractivity contribution in [3.63, 3.8) is 0 Å². The quantitative estimate of drug-likeness (QED) is 0.612. The molecule has 0 saturated carbocycles. The Labute approximate surface area is 87.1 Å². The minimum absolute atomic E-state index is 0.649. The van der Waals surface area contributed by atoms with Gasteiger partial charge in [-0.15, -0.1) is 0 Å². The molecule has 0 radical (unpaired) electrons. The molecule has 0 atom stereocenters.